The highest BCUT2D eigenvalue weighted by atomic mass is 32.2. The molecule has 1 aromatic rings. The number of carbonyl (C=O) groups is 1. The quantitative estimate of drug-likeness (QED) is 0.798. The number of sulfone groups is 1. The zero-order valence-corrected chi connectivity index (χ0v) is 12.2. The molecule has 0 aliphatic heterocycles. The Bertz CT molecular complexity index is 522. The molecule has 0 spiro atoms. The van der Waals surface area contributed by atoms with Gasteiger partial charge in [0, 0.05) is 12.3 Å². The number of nitrogens with one attached hydrogen (secondary N) is 1. The Morgan fingerprint density at radius 1 is 1.32 bits per heavy atom. The lowest BCUT2D eigenvalue weighted by Gasteiger charge is -2.14. The summed E-state index contributed by atoms with van der Waals surface area (Å²) in [5.74, 6) is -0.304. The first kappa shape index (κ1) is 15.7. The Kier molecular flexibility index (Phi) is 5.50. The molecule has 0 amide bonds. The van der Waals surface area contributed by atoms with Crippen LogP contribution in [-0.2, 0) is 19.4 Å². The van der Waals surface area contributed by atoms with Crippen LogP contribution < -0.4 is 5.32 Å². The zero-order chi connectivity index (χ0) is 14.5. The Morgan fingerprint density at radius 3 is 2.37 bits per heavy atom. The van der Waals surface area contributed by atoms with Crippen LogP contribution in [-0.4, -0.2) is 33.8 Å². The van der Waals surface area contributed by atoms with E-state index < -0.39 is 9.84 Å². The summed E-state index contributed by atoms with van der Waals surface area (Å²) >= 11 is 0. The van der Waals surface area contributed by atoms with Gasteiger partial charge in [0.1, 0.15) is 0 Å². The minimum absolute atomic E-state index is 0.0574. The lowest BCUT2D eigenvalue weighted by atomic mass is 10.1. The van der Waals surface area contributed by atoms with Crippen molar-refractivity contribution in [1.29, 1.82) is 0 Å². The van der Waals surface area contributed by atoms with Gasteiger partial charge in [0.05, 0.1) is 18.0 Å². The Balaban J connectivity index is 2.63. The maximum Gasteiger partial charge on any atom is 0.319 e. The van der Waals surface area contributed by atoms with E-state index in [0.29, 0.717) is 6.61 Å². The highest BCUT2D eigenvalue weighted by molar-refractivity contribution is 7.90. The number of benzene rings is 1. The standard InChI is InChI=1S/C13H19NO4S/c1-4-18-13(15)9-14-10(2)11-5-7-12(8-6-11)19(3,16)17/h5-8,10,14H,4,9H2,1-3H3. The number of hydrogen-bond acceptors (Lipinski definition) is 5. The molecule has 0 aromatic heterocycles. The summed E-state index contributed by atoms with van der Waals surface area (Å²) in [6, 6.07) is 6.54. The first-order chi connectivity index (χ1) is 8.84. The highest BCUT2D eigenvalue weighted by Gasteiger charge is 2.10. The molecule has 1 unspecified atom stereocenters. The maximum absolute atomic E-state index is 11.3. The van der Waals surface area contributed by atoms with Gasteiger partial charge >= 0.3 is 5.97 Å². The number of hydrogen-bond donors (Lipinski definition) is 1. The van der Waals surface area contributed by atoms with Gasteiger partial charge in [-0.25, -0.2) is 8.42 Å². The second kappa shape index (κ2) is 6.68. The van der Waals surface area contributed by atoms with Gasteiger partial charge in [0.25, 0.3) is 0 Å². The molecule has 6 heteroatoms. The normalized spacial score (nSPS) is 13.0. The topological polar surface area (TPSA) is 72.5 Å². The van der Waals surface area contributed by atoms with Crippen molar-refractivity contribution in [3.63, 3.8) is 0 Å². The average molecular weight is 285 g/mol. The van der Waals surface area contributed by atoms with E-state index in [1.165, 1.54) is 6.26 Å². The molecule has 0 saturated carbocycles. The number of carbonyl (C=O) groups excluding carboxylic acids is 1. The van der Waals surface area contributed by atoms with Crippen LogP contribution in [0.5, 0.6) is 0 Å². The van der Waals surface area contributed by atoms with Crippen LogP contribution in [0.15, 0.2) is 29.2 Å². The number of rotatable bonds is 6. The third-order valence-corrected chi connectivity index (χ3v) is 3.79. The van der Waals surface area contributed by atoms with Crippen molar-refractivity contribution < 1.29 is 17.9 Å². The van der Waals surface area contributed by atoms with Gasteiger partial charge in [-0.15, -0.1) is 0 Å². The summed E-state index contributed by atoms with van der Waals surface area (Å²) in [5, 5.41) is 3.02. The lowest BCUT2D eigenvalue weighted by molar-refractivity contribution is -0.142. The van der Waals surface area contributed by atoms with Gasteiger partial charge in [-0.2, -0.15) is 0 Å². The number of esters is 1. The van der Waals surface area contributed by atoms with Crippen molar-refractivity contribution in [2.45, 2.75) is 24.8 Å². The van der Waals surface area contributed by atoms with E-state index in [1.54, 1.807) is 31.2 Å². The van der Waals surface area contributed by atoms with Crippen LogP contribution in [0.4, 0.5) is 0 Å². The summed E-state index contributed by atoms with van der Waals surface area (Å²) in [6.45, 7) is 4.14. The Morgan fingerprint density at radius 2 is 1.89 bits per heavy atom. The molecule has 19 heavy (non-hydrogen) atoms. The predicted molar refractivity (Wildman–Crippen MR) is 72.6 cm³/mol. The van der Waals surface area contributed by atoms with Crippen molar-refractivity contribution in [3.8, 4) is 0 Å². The molecule has 1 N–H and O–H groups in total. The second-order valence-corrected chi connectivity index (χ2v) is 6.26. The maximum atomic E-state index is 11.3. The van der Waals surface area contributed by atoms with E-state index in [-0.39, 0.29) is 23.5 Å². The molecule has 0 aliphatic carbocycles. The predicted octanol–water partition coefficient (Wildman–Crippen LogP) is 1.30. The van der Waals surface area contributed by atoms with Crippen LogP contribution in [0.2, 0.25) is 0 Å². The zero-order valence-electron chi connectivity index (χ0n) is 11.3. The first-order valence-corrected chi connectivity index (χ1v) is 7.92. The summed E-state index contributed by atoms with van der Waals surface area (Å²) < 4.78 is 27.5. The Hall–Kier alpha value is -1.40. The lowest BCUT2D eigenvalue weighted by Crippen LogP contribution is -2.27. The fourth-order valence-electron chi connectivity index (χ4n) is 1.57. The fraction of sp³-hybridized carbons (Fsp3) is 0.462. The second-order valence-electron chi connectivity index (χ2n) is 4.25. The largest absolute Gasteiger partial charge is 0.465 e. The van der Waals surface area contributed by atoms with Gasteiger partial charge < -0.3 is 10.1 Å². The van der Waals surface area contributed by atoms with Crippen molar-refractivity contribution in [3.05, 3.63) is 29.8 Å². The summed E-state index contributed by atoms with van der Waals surface area (Å²) in [6.07, 6.45) is 1.17. The monoisotopic (exact) mass is 285 g/mol. The molecule has 0 bridgehead atoms. The van der Waals surface area contributed by atoms with Crippen LogP contribution in [0.3, 0.4) is 0 Å². The molecule has 106 valence electrons. The molecule has 0 saturated heterocycles. The van der Waals surface area contributed by atoms with E-state index in [2.05, 4.69) is 5.32 Å². The third-order valence-electron chi connectivity index (χ3n) is 2.67. The van der Waals surface area contributed by atoms with Crippen molar-refractivity contribution in [1.82, 2.24) is 5.32 Å². The summed E-state index contributed by atoms with van der Waals surface area (Å²) in [7, 11) is -3.17. The third kappa shape index (κ3) is 5.00. The number of ether oxygens (including phenoxy) is 1. The smallest absolute Gasteiger partial charge is 0.319 e. The van der Waals surface area contributed by atoms with E-state index in [4.69, 9.17) is 4.74 Å². The van der Waals surface area contributed by atoms with E-state index in [9.17, 15) is 13.2 Å². The molecule has 1 atom stereocenters. The molecule has 0 aliphatic rings. The van der Waals surface area contributed by atoms with E-state index in [1.807, 2.05) is 6.92 Å². The van der Waals surface area contributed by atoms with Gasteiger partial charge in [-0.1, -0.05) is 12.1 Å². The molecule has 1 rings (SSSR count). The molecule has 0 heterocycles. The molecule has 0 radical (unpaired) electrons. The molecule has 5 nitrogen and oxygen atoms in total. The minimum Gasteiger partial charge on any atom is -0.465 e. The van der Waals surface area contributed by atoms with Crippen molar-refractivity contribution in [2.75, 3.05) is 19.4 Å². The van der Waals surface area contributed by atoms with Gasteiger partial charge in [0.15, 0.2) is 9.84 Å². The van der Waals surface area contributed by atoms with Crippen LogP contribution in [0.1, 0.15) is 25.5 Å². The van der Waals surface area contributed by atoms with Crippen LogP contribution in [0, 0.1) is 0 Å². The SMILES string of the molecule is CCOC(=O)CNC(C)c1ccc(S(C)(=O)=O)cc1. The molecular formula is C13H19NO4S. The Labute approximate surface area is 113 Å². The highest BCUT2D eigenvalue weighted by Crippen LogP contribution is 2.15. The summed E-state index contributed by atoms with van der Waals surface area (Å²) in [4.78, 5) is 11.5. The molecular weight excluding hydrogens is 266 g/mol. The average Bonchev–Trinajstić information content (AvgIpc) is 2.35. The van der Waals surface area contributed by atoms with Gasteiger partial charge in [-0.3, -0.25) is 4.79 Å². The summed E-state index contributed by atoms with van der Waals surface area (Å²) in [5.41, 5.74) is 0.914. The molecule has 1 aromatic carbocycles. The van der Waals surface area contributed by atoms with Gasteiger partial charge in [-0.05, 0) is 31.5 Å². The van der Waals surface area contributed by atoms with Crippen molar-refractivity contribution >= 4 is 15.8 Å². The first-order valence-electron chi connectivity index (χ1n) is 6.03. The van der Waals surface area contributed by atoms with Gasteiger partial charge in [0.2, 0.25) is 0 Å². The van der Waals surface area contributed by atoms with E-state index in [0.717, 1.165) is 5.56 Å². The van der Waals surface area contributed by atoms with E-state index >= 15 is 0 Å². The van der Waals surface area contributed by atoms with Crippen LogP contribution >= 0.6 is 0 Å². The van der Waals surface area contributed by atoms with Crippen molar-refractivity contribution in [2.24, 2.45) is 0 Å². The molecule has 0 fully saturated rings. The minimum atomic E-state index is -3.17. The fourth-order valence-corrected chi connectivity index (χ4v) is 2.20. The van der Waals surface area contributed by atoms with Crippen LogP contribution in [0.25, 0.3) is 0 Å².